The van der Waals surface area contributed by atoms with Gasteiger partial charge in [0.1, 0.15) is 5.75 Å². The second kappa shape index (κ2) is 5.48. The highest BCUT2D eigenvalue weighted by Gasteiger charge is 2.31. The molecule has 1 aromatic carbocycles. The average molecular weight is 251 g/mol. The van der Waals surface area contributed by atoms with Crippen LogP contribution in [0.1, 0.15) is 18.9 Å². The maximum Gasteiger partial charge on any atom is 0.164 e. The van der Waals surface area contributed by atoms with Crippen LogP contribution in [0.25, 0.3) is 0 Å². The summed E-state index contributed by atoms with van der Waals surface area (Å²) in [6.07, 6.45) is 1.26. The van der Waals surface area contributed by atoms with E-state index >= 15 is 0 Å². The molecule has 18 heavy (non-hydrogen) atoms. The lowest BCUT2D eigenvalue weighted by Crippen LogP contribution is -2.17. The van der Waals surface area contributed by atoms with Gasteiger partial charge in [0, 0.05) is 24.2 Å². The number of benzene rings is 1. The third-order valence-electron chi connectivity index (χ3n) is 3.45. The van der Waals surface area contributed by atoms with E-state index < -0.39 is 0 Å². The quantitative estimate of drug-likeness (QED) is 0.841. The van der Waals surface area contributed by atoms with Crippen LogP contribution >= 0.6 is 0 Å². The molecule has 1 N–H and O–H groups in total. The molecule has 0 spiro atoms. The summed E-state index contributed by atoms with van der Waals surface area (Å²) in [5.41, 5.74) is 1.09. The molecule has 100 valence electrons. The Morgan fingerprint density at radius 1 is 1.06 bits per heavy atom. The summed E-state index contributed by atoms with van der Waals surface area (Å²) in [6, 6.07) is 4.48. The molecule has 1 aliphatic rings. The van der Waals surface area contributed by atoms with Crippen molar-refractivity contribution in [3.8, 4) is 17.2 Å². The molecular formula is C14H21NO3. The minimum atomic E-state index is 0.641. The molecule has 4 nitrogen and oxygen atoms in total. The number of methoxy groups -OCH3 is 3. The highest BCUT2D eigenvalue weighted by molar-refractivity contribution is 5.50. The van der Waals surface area contributed by atoms with Gasteiger partial charge in [-0.15, -0.1) is 0 Å². The van der Waals surface area contributed by atoms with Gasteiger partial charge in [0.15, 0.2) is 11.5 Å². The maximum atomic E-state index is 5.39. The van der Waals surface area contributed by atoms with Gasteiger partial charge in [-0.25, -0.2) is 0 Å². The number of hydrogen-bond acceptors (Lipinski definition) is 4. The smallest absolute Gasteiger partial charge is 0.164 e. The van der Waals surface area contributed by atoms with Crippen molar-refractivity contribution in [1.82, 2.24) is 5.32 Å². The van der Waals surface area contributed by atoms with Crippen LogP contribution in [-0.2, 0) is 6.54 Å². The van der Waals surface area contributed by atoms with Gasteiger partial charge in [-0.1, -0.05) is 6.92 Å². The lowest BCUT2D eigenvalue weighted by molar-refractivity contribution is 0.347. The van der Waals surface area contributed by atoms with Crippen LogP contribution in [0, 0.1) is 5.92 Å². The summed E-state index contributed by atoms with van der Waals surface area (Å²) in [5, 5.41) is 3.51. The van der Waals surface area contributed by atoms with E-state index in [1.807, 2.05) is 12.1 Å². The highest BCUT2D eigenvalue weighted by atomic mass is 16.5. The standard InChI is InChI=1S/C14H21NO3/c1-9-5-11(9)15-8-10-6-13(17-3)14(18-4)7-12(10)16-2/h6-7,9,11,15H,5,8H2,1-4H3. The molecule has 0 bridgehead atoms. The normalized spacial score (nSPS) is 21.6. The van der Waals surface area contributed by atoms with Crippen LogP contribution in [0.15, 0.2) is 12.1 Å². The minimum absolute atomic E-state index is 0.641. The van der Waals surface area contributed by atoms with Crippen molar-refractivity contribution in [3.05, 3.63) is 17.7 Å². The zero-order chi connectivity index (χ0) is 13.1. The molecule has 0 saturated heterocycles. The van der Waals surface area contributed by atoms with Gasteiger partial charge >= 0.3 is 0 Å². The largest absolute Gasteiger partial charge is 0.496 e. The fourth-order valence-electron chi connectivity index (χ4n) is 2.08. The van der Waals surface area contributed by atoms with Gasteiger partial charge in [0.2, 0.25) is 0 Å². The summed E-state index contributed by atoms with van der Waals surface area (Å²) in [7, 11) is 4.94. The van der Waals surface area contributed by atoms with E-state index in [0.717, 1.165) is 29.5 Å². The van der Waals surface area contributed by atoms with E-state index in [9.17, 15) is 0 Å². The summed E-state index contributed by atoms with van der Waals surface area (Å²) in [6.45, 7) is 3.04. The molecule has 1 saturated carbocycles. The SMILES string of the molecule is COc1cc(OC)c(OC)cc1CNC1CC1C. The lowest BCUT2D eigenvalue weighted by Gasteiger charge is -2.14. The molecular weight excluding hydrogens is 230 g/mol. The van der Waals surface area contributed by atoms with Crippen molar-refractivity contribution in [1.29, 1.82) is 0 Å². The Labute approximate surface area is 108 Å². The molecule has 2 unspecified atom stereocenters. The molecule has 4 heteroatoms. The first-order valence-electron chi connectivity index (χ1n) is 6.21. The van der Waals surface area contributed by atoms with Gasteiger partial charge in [-0.05, 0) is 18.4 Å². The molecule has 0 aliphatic heterocycles. The zero-order valence-corrected chi connectivity index (χ0v) is 11.4. The Hall–Kier alpha value is -1.42. The number of rotatable bonds is 6. The predicted octanol–water partition coefficient (Wildman–Crippen LogP) is 2.21. The second-order valence-corrected chi connectivity index (χ2v) is 4.72. The zero-order valence-electron chi connectivity index (χ0n) is 11.4. The Morgan fingerprint density at radius 2 is 1.61 bits per heavy atom. The lowest BCUT2D eigenvalue weighted by atomic mass is 10.1. The Kier molecular flexibility index (Phi) is 3.97. The third-order valence-corrected chi connectivity index (χ3v) is 3.45. The molecule has 0 amide bonds. The monoisotopic (exact) mass is 251 g/mol. The van der Waals surface area contributed by atoms with Crippen molar-refractivity contribution < 1.29 is 14.2 Å². The fraction of sp³-hybridized carbons (Fsp3) is 0.571. The molecule has 1 fully saturated rings. The van der Waals surface area contributed by atoms with Gasteiger partial charge in [-0.3, -0.25) is 0 Å². The Bertz CT molecular complexity index is 420. The van der Waals surface area contributed by atoms with Gasteiger partial charge < -0.3 is 19.5 Å². The fourth-order valence-corrected chi connectivity index (χ4v) is 2.08. The topological polar surface area (TPSA) is 39.7 Å². The highest BCUT2D eigenvalue weighted by Crippen LogP contribution is 2.35. The van der Waals surface area contributed by atoms with Crippen LogP contribution in [0.2, 0.25) is 0 Å². The van der Waals surface area contributed by atoms with Gasteiger partial charge in [-0.2, -0.15) is 0 Å². The van der Waals surface area contributed by atoms with Crippen molar-refractivity contribution in [2.24, 2.45) is 5.92 Å². The number of hydrogen-bond donors (Lipinski definition) is 1. The number of nitrogens with one attached hydrogen (secondary N) is 1. The molecule has 0 heterocycles. The molecule has 2 atom stereocenters. The first-order chi connectivity index (χ1) is 8.69. The van der Waals surface area contributed by atoms with E-state index in [1.54, 1.807) is 21.3 Å². The molecule has 2 rings (SSSR count). The molecule has 1 aliphatic carbocycles. The predicted molar refractivity (Wildman–Crippen MR) is 70.5 cm³/mol. The van der Waals surface area contributed by atoms with E-state index in [4.69, 9.17) is 14.2 Å². The Balaban J connectivity index is 2.15. The van der Waals surface area contributed by atoms with Crippen LogP contribution in [0.4, 0.5) is 0 Å². The van der Waals surface area contributed by atoms with E-state index in [-0.39, 0.29) is 0 Å². The maximum absolute atomic E-state index is 5.39. The van der Waals surface area contributed by atoms with Crippen LogP contribution in [0.3, 0.4) is 0 Å². The summed E-state index contributed by atoms with van der Waals surface area (Å²) in [5.74, 6) is 3.04. The average Bonchev–Trinajstić information content (AvgIpc) is 3.11. The number of ether oxygens (including phenoxy) is 3. The molecule has 0 radical (unpaired) electrons. The first-order valence-corrected chi connectivity index (χ1v) is 6.21. The third kappa shape index (κ3) is 2.70. The van der Waals surface area contributed by atoms with Crippen molar-refractivity contribution in [2.75, 3.05) is 21.3 Å². The van der Waals surface area contributed by atoms with Crippen molar-refractivity contribution in [3.63, 3.8) is 0 Å². The van der Waals surface area contributed by atoms with Crippen LogP contribution in [0.5, 0.6) is 17.2 Å². The molecule has 1 aromatic rings. The van der Waals surface area contributed by atoms with E-state index in [1.165, 1.54) is 6.42 Å². The van der Waals surface area contributed by atoms with Crippen molar-refractivity contribution in [2.45, 2.75) is 25.9 Å². The van der Waals surface area contributed by atoms with Crippen LogP contribution < -0.4 is 19.5 Å². The van der Waals surface area contributed by atoms with Gasteiger partial charge in [0.25, 0.3) is 0 Å². The van der Waals surface area contributed by atoms with Crippen molar-refractivity contribution >= 4 is 0 Å². The summed E-state index contributed by atoms with van der Waals surface area (Å²) < 4.78 is 16.0. The second-order valence-electron chi connectivity index (χ2n) is 4.72. The molecule has 0 aromatic heterocycles. The summed E-state index contributed by atoms with van der Waals surface area (Å²) in [4.78, 5) is 0. The van der Waals surface area contributed by atoms with Crippen LogP contribution in [-0.4, -0.2) is 27.4 Å². The summed E-state index contributed by atoms with van der Waals surface area (Å²) >= 11 is 0. The van der Waals surface area contributed by atoms with E-state index in [2.05, 4.69) is 12.2 Å². The minimum Gasteiger partial charge on any atom is -0.496 e. The Morgan fingerprint density at radius 3 is 2.11 bits per heavy atom. The van der Waals surface area contributed by atoms with Gasteiger partial charge in [0.05, 0.1) is 21.3 Å². The van der Waals surface area contributed by atoms with E-state index in [0.29, 0.717) is 11.8 Å². The first kappa shape index (κ1) is 13.0.